The number of likely N-dealkylation sites (tertiary alicyclic amines) is 1. The van der Waals surface area contributed by atoms with Crippen LogP contribution < -0.4 is 15.4 Å². The van der Waals surface area contributed by atoms with Gasteiger partial charge in [0.15, 0.2) is 6.10 Å². The maximum absolute atomic E-state index is 12.5. The van der Waals surface area contributed by atoms with E-state index >= 15 is 0 Å². The molecule has 3 unspecified atom stereocenters. The summed E-state index contributed by atoms with van der Waals surface area (Å²) in [4.78, 5) is 36.9. The molecule has 0 bridgehead atoms. The van der Waals surface area contributed by atoms with Crippen molar-refractivity contribution < 1.29 is 24.2 Å². The van der Waals surface area contributed by atoms with Gasteiger partial charge in [0.05, 0.1) is 11.6 Å². The standard InChI is InChI=1S/C17H21N3O5/c1-9-5-11(16(22)23)8-20(7-9)17(24)18-12-3-4-14-13(6-12)19-15(21)10(2)25-14/h3-4,6,9-11H,5,7-8H2,1-2H3,(H,18,24)(H,19,21)(H,22,23). The number of ether oxygens (including phenoxy) is 1. The molecule has 2 heterocycles. The van der Waals surface area contributed by atoms with Crippen molar-refractivity contribution in [3.8, 4) is 5.75 Å². The number of fused-ring (bicyclic) bond motifs is 1. The number of carbonyl (C=O) groups is 3. The molecule has 1 saturated heterocycles. The highest BCUT2D eigenvalue weighted by Crippen LogP contribution is 2.32. The number of nitrogens with one attached hydrogen (secondary N) is 2. The molecule has 0 spiro atoms. The average Bonchev–Trinajstić information content (AvgIpc) is 2.55. The number of hydrogen-bond acceptors (Lipinski definition) is 4. The second kappa shape index (κ2) is 6.62. The molecule has 0 radical (unpaired) electrons. The lowest BCUT2D eigenvalue weighted by Gasteiger charge is -2.34. The van der Waals surface area contributed by atoms with Crippen LogP contribution in [0.4, 0.5) is 16.2 Å². The van der Waals surface area contributed by atoms with Crippen molar-refractivity contribution in [2.45, 2.75) is 26.4 Å². The fourth-order valence-electron chi connectivity index (χ4n) is 3.19. The van der Waals surface area contributed by atoms with E-state index in [4.69, 9.17) is 4.74 Å². The van der Waals surface area contributed by atoms with Crippen LogP contribution in [0.2, 0.25) is 0 Å². The van der Waals surface area contributed by atoms with Crippen LogP contribution >= 0.6 is 0 Å². The molecule has 8 nitrogen and oxygen atoms in total. The number of carbonyl (C=O) groups excluding carboxylic acids is 2. The number of amides is 3. The molecule has 8 heteroatoms. The van der Waals surface area contributed by atoms with Crippen molar-refractivity contribution in [2.75, 3.05) is 23.7 Å². The van der Waals surface area contributed by atoms with Crippen LogP contribution in [0.3, 0.4) is 0 Å². The average molecular weight is 347 g/mol. The van der Waals surface area contributed by atoms with Gasteiger partial charge in [-0.15, -0.1) is 0 Å². The number of carboxylic acids is 1. The number of nitrogens with zero attached hydrogens (tertiary/aromatic N) is 1. The minimum Gasteiger partial charge on any atom is -0.481 e. The van der Waals surface area contributed by atoms with Crippen LogP contribution in [0, 0.1) is 11.8 Å². The molecule has 0 aliphatic carbocycles. The molecule has 1 aromatic rings. The topological polar surface area (TPSA) is 108 Å². The summed E-state index contributed by atoms with van der Waals surface area (Å²) < 4.78 is 5.47. The first kappa shape index (κ1) is 17.1. The number of anilines is 2. The van der Waals surface area contributed by atoms with E-state index in [-0.39, 0.29) is 24.4 Å². The Kier molecular flexibility index (Phi) is 4.52. The number of hydrogen-bond donors (Lipinski definition) is 3. The molecule has 1 fully saturated rings. The Hall–Kier alpha value is -2.77. The molecule has 3 atom stereocenters. The molecular formula is C17H21N3O5. The molecule has 25 heavy (non-hydrogen) atoms. The van der Waals surface area contributed by atoms with Crippen molar-refractivity contribution in [2.24, 2.45) is 11.8 Å². The van der Waals surface area contributed by atoms with E-state index in [2.05, 4.69) is 10.6 Å². The number of aliphatic carboxylic acids is 1. The minimum atomic E-state index is -0.882. The highest BCUT2D eigenvalue weighted by atomic mass is 16.5. The third-order valence-electron chi connectivity index (χ3n) is 4.46. The fourth-order valence-corrected chi connectivity index (χ4v) is 3.19. The van der Waals surface area contributed by atoms with Gasteiger partial charge in [0.25, 0.3) is 5.91 Å². The first-order chi connectivity index (χ1) is 11.8. The Bertz CT molecular complexity index is 720. The first-order valence-electron chi connectivity index (χ1n) is 8.23. The summed E-state index contributed by atoms with van der Waals surface area (Å²) in [5, 5.41) is 14.7. The molecular weight excluding hydrogens is 326 g/mol. The number of rotatable bonds is 2. The van der Waals surface area contributed by atoms with Gasteiger partial charge in [-0.2, -0.15) is 0 Å². The maximum atomic E-state index is 12.5. The van der Waals surface area contributed by atoms with Gasteiger partial charge in [0.1, 0.15) is 5.75 Å². The predicted octanol–water partition coefficient (Wildman–Crippen LogP) is 1.98. The van der Waals surface area contributed by atoms with Crippen molar-refractivity contribution >= 4 is 29.3 Å². The Balaban J connectivity index is 1.70. The summed E-state index contributed by atoms with van der Waals surface area (Å²) in [6, 6.07) is 4.64. The van der Waals surface area contributed by atoms with Gasteiger partial charge in [0, 0.05) is 18.8 Å². The first-order valence-corrected chi connectivity index (χ1v) is 8.23. The van der Waals surface area contributed by atoms with E-state index in [9.17, 15) is 19.5 Å². The third-order valence-corrected chi connectivity index (χ3v) is 4.46. The Morgan fingerprint density at radius 1 is 1.32 bits per heavy atom. The second-order valence-electron chi connectivity index (χ2n) is 6.67. The van der Waals surface area contributed by atoms with Gasteiger partial charge < -0.3 is 25.4 Å². The Morgan fingerprint density at radius 3 is 2.80 bits per heavy atom. The van der Waals surface area contributed by atoms with Crippen molar-refractivity contribution in [3.63, 3.8) is 0 Å². The fraction of sp³-hybridized carbons (Fsp3) is 0.471. The zero-order chi connectivity index (χ0) is 18.1. The quantitative estimate of drug-likeness (QED) is 0.758. The maximum Gasteiger partial charge on any atom is 0.321 e. The van der Waals surface area contributed by atoms with Crippen LogP contribution in [-0.2, 0) is 9.59 Å². The van der Waals surface area contributed by atoms with Crippen LogP contribution in [0.25, 0.3) is 0 Å². The normalized spacial score (nSPS) is 25.4. The molecule has 0 saturated carbocycles. The lowest BCUT2D eigenvalue weighted by molar-refractivity contribution is -0.143. The van der Waals surface area contributed by atoms with Crippen LogP contribution in [0.5, 0.6) is 5.75 Å². The van der Waals surface area contributed by atoms with Crippen LogP contribution in [0.15, 0.2) is 18.2 Å². The monoisotopic (exact) mass is 347 g/mol. The van der Waals surface area contributed by atoms with Gasteiger partial charge in [0.2, 0.25) is 0 Å². The van der Waals surface area contributed by atoms with E-state index < -0.39 is 18.0 Å². The summed E-state index contributed by atoms with van der Waals surface area (Å²) in [6.07, 6.45) is 0.00945. The van der Waals surface area contributed by atoms with Gasteiger partial charge >= 0.3 is 12.0 Å². The van der Waals surface area contributed by atoms with E-state index in [0.29, 0.717) is 30.1 Å². The largest absolute Gasteiger partial charge is 0.481 e. The van der Waals surface area contributed by atoms with Crippen molar-refractivity contribution in [1.82, 2.24) is 4.90 Å². The Labute approximate surface area is 145 Å². The van der Waals surface area contributed by atoms with Crippen molar-refractivity contribution in [1.29, 1.82) is 0 Å². The summed E-state index contributed by atoms with van der Waals surface area (Å²) in [5.74, 6) is -1.01. The number of urea groups is 1. The predicted molar refractivity (Wildman–Crippen MR) is 90.7 cm³/mol. The van der Waals surface area contributed by atoms with E-state index in [1.807, 2.05) is 6.92 Å². The molecule has 3 amide bonds. The molecule has 3 rings (SSSR count). The highest BCUT2D eigenvalue weighted by Gasteiger charge is 2.32. The molecule has 2 aliphatic heterocycles. The van der Waals surface area contributed by atoms with Gasteiger partial charge in [-0.25, -0.2) is 4.79 Å². The minimum absolute atomic E-state index is 0.123. The Morgan fingerprint density at radius 2 is 2.08 bits per heavy atom. The van der Waals surface area contributed by atoms with Crippen LogP contribution in [-0.4, -0.2) is 47.1 Å². The highest BCUT2D eigenvalue weighted by molar-refractivity contribution is 5.99. The third kappa shape index (κ3) is 3.67. The lowest BCUT2D eigenvalue weighted by atomic mass is 9.91. The number of carboxylic acid groups (broad SMARTS) is 1. The van der Waals surface area contributed by atoms with Crippen molar-refractivity contribution in [3.05, 3.63) is 18.2 Å². The van der Waals surface area contributed by atoms with E-state index in [1.165, 1.54) is 4.90 Å². The molecule has 1 aromatic carbocycles. The summed E-state index contributed by atoms with van der Waals surface area (Å²) in [6.45, 7) is 4.29. The summed E-state index contributed by atoms with van der Waals surface area (Å²) >= 11 is 0. The summed E-state index contributed by atoms with van der Waals surface area (Å²) in [5.41, 5.74) is 1.00. The zero-order valence-corrected chi connectivity index (χ0v) is 14.1. The second-order valence-corrected chi connectivity index (χ2v) is 6.67. The molecule has 0 aromatic heterocycles. The molecule has 3 N–H and O–H groups in total. The smallest absolute Gasteiger partial charge is 0.321 e. The summed E-state index contributed by atoms with van der Waals surface area (Å²) in [7, 11) is 0. The van der Waals surface area contributed by atoms with Gasteiger partial charge in [-0.05, 0) is 37.5 Å². The van der Waals surface area contributed by atoms with Gasteiger partial charge in [-0.1, -0.05) is 6.92 Å². The molecule has 134 valence electrons. The van der Waals surface area contributed by atoms with Gasteiger partial charge in [-0.3, -0.25) is 9.59 Å². The van der Waals surface area contributed by atoms with E-state index in [0.717, 1.165) is 0 Å². The number of piperidine rings is 1. The lowest BCUT2D eigenvalue weighted by Crippen LogP contribution is -2.47. The van der Waals surface area contributed by atoms with E-state index in [1.54, 1.807) is 25.1 Å². The number of benzene rings is 1. The SMILES string of the molecule is CC1CC(C(=O)O)CN(C(=O)Nc2ccc3c(c2)NC(=O)C(C)O3)C1. The molecule has 2 aliphatic rings. The zero-order valence-electron chi connectivity index (χ0n) is 14.1. The van der Waals surface area contributed by atoms with Crippen LogP contribution in [0.1, 0.15) is 20.3 Å².